The van der Waals surface area contributed by atoms with Crippen LogP contribution < -0.4 is 14.4 Å². The third kappa shape index (κ3) is 6.31. The largest absolute Gasteiger partial charge is 0.573 e. The standard InChI is InChI=1S/C19H16F5N3O4S/c20-14-2-1-3-15(21)16(14)17(28)25-18(29)27(32-26-8-10-30-11-9-26)12-4-6-13(7-5-12)31-19(22,23)24/h1-7H,8-11H2,(H,25,28,29). The maximum atomic E-state index is 13.9. The number of hydrogen-bond acceptors (Lipinski definition) is 6. The summed E-state index contributed by atoms with van der Waals surface area (Å²) in [7, 11) is 0. The summed E-state index contributed by atoms with van der Waals surface area (Å²) in [5, 5.41) is 1.90. The number of ether oxygens (including phenoxy) is 2. The molecule has 1 aliphatic heterocycles. The van der Waals surface area contributed by atoms with E-state index >= 15 is 0 Å². The number of imide groups is 1. The zero-order valence-corrected chi connectivity index (χ0v) is 17.0. The lowest BCUT2D eigenvalue weighted by Crippen LogP contribution is -2.43. The maximum absolute atomic E-state index is 13.9. The molecule has 0 atom stereocenters. The number of amides is 3. The number of halogens is 5. The predicted octanol–water partition coefficient (Wildman–Crippen LogP) is 4.12. The lowest BCUT2D eigenvalue weighted by atomic mass is 10.2. The normalized spacial score (nSPS) is 14.7. The van der Waals surface area contributed by atoms with Crippen molar-refractivity contribution in [1.29, 1.82) is 0 Å². The van der Waals surface area contributed by atoms with E-state index in [-0.39, 0.29) is 5.69 Å². The molecule has 1 fully saturated rings. The monoisotopic (exact) mass is 477 g/mol. The zero-order chi connectivity index (χ0) is 23.3. The van der Waals surface area contributed by atoms with Crippen LogP contribution in [-0.4, -0.2) is 48.9 Å². The number of carbonyl (C=O) groups is 2. The SMILES string of the molecule is O=C(NC(=O)N(SN1CCOCC1)c1ccc(OC(F)(F)F)cc1)c1c(F)cccc1F. The van der Waals surface area contributed by atoms with E-state index in [1.807, 2.05) is 5.32 Å². The lowest BCUT2D eigenvalue weighted by Gasteiger charge is -2.30. The number of nitrogens with one attached hydrogen (secondary N) is 1. The van der Waals surface area contributed by atoms with Crippen molar-refractivity contribution in [1.82, 2.24) is 9.62 Å². The molecular weight excluding hydrogens is 461 g/mol. The molecule has 32 heavy (non-hydrogen) atoms. The molecule has 13 heteroatoms. The van der Waals surface area contributed by atoms with Gasteiger partial charge in [-0.2, -0.15) is 0 Å². The first-order chi connectivity index (χ1) is 15.1. The molecule has 0 saturated carbocycles. The number of nitrogens with zero attached hydrogens (tertiary/aromatic N) is 2. The van der Waals surface area contributed by atoms with E-state index in [9.17, 15) is 31.5 Å². The summed E-state index contributed by atoms with van der Waals surface area (Å²) in [4.78, 5) is 25.1. The molecule has 172 valence electrons. The first-order valence-electron chi connectivity index (χ1n) is 9.10. The van der Waals surface area contributed by atoms with Crippen LogP contribution in [0.5, 0.6) is 5.75 Å². The summed E-state index contributed by atoms with van der Waals surface area (Å²) in [6.45, 7) is 1.58. The number of hydrogen-bond donors (Lipinski definition) is 1. The summed E-state index contributed by atoms with van der Waals surface area (Å²) >= 11 is 0.863. The molecule has 2 aromatic carbocycles. The van der Waals surface area contributed by atoms with Crippen LogP contribution in [0.1, 0.15) is 10.4 Å². The quantitative estimate of drug-likeness (QED) is 0.516. The third-order valence-electron chi connectivity index (χ3n) is 4.07. The van der Waals surface area contributed by atoms with E-state index in [0.717, 1.165) is 46.8 Å². The highest BCUT2D eigenvalue weighted by atomic mass is 32.2. The number of benzene rings is 2. The van der Waals surface area contributed by atoms with Crippen LogP contribution in [0.15, 0.2) is 42.5 Å². The lowest BCUT2D eigenvalue weighted by molar-refractivity contribution is -0.274. The number of urea groups is 1. The average Bonchev–Trinajstić information content (AvgIpc) is 2.72. The number of anilines is 1. The molecule has 0 spiro atoms. The van der Waals surface area contributed by atoms with Crippen molar-refractivity contribution in [2.45, 2.75) is 6.36 Å². The molecule has 0 aromatic heterocycles. The molecule has 0 unspecified atom stereocenters. The van der Waals surface area contributed by atoms with Crippen molar-refractivity contribution in [3.63, 3.8) is 0 Å². The Morgan fingerprint density at radius 1 is 1.03 bits per heavy atom. The second kappa shape index (κ2) is 10.1. The van der Waals surface area contributed by atoms with Gasteiger partial charge in [-0.25, -0.2) is 22.2 Å². The van der Waals surface area contributed by atoms with Gasteiger partial charge >= 0.3 is 12.4 Å². The van der Waals surface area contributed by atoms with E-state index in [1.54, 1.807) is 4.31 Å². The Morgan fingerprint density at radius 2 is 1.62 bits per heavy atom. The molecule has 1 heterocycles. The highest BCUT2D eigenvalue weighted by molar-refractivity contribution is 7.99. The second-order valence-corrected chi connectivity index (χ2v) is 7.36. The van der Waals surface area contributed by atoms with Gasteiger partial charge in [0.2, 0.25) is 0 Å². The molecular formula is C19H16F5N3O4S. The first-order valence-corrected chi connectivity index (χ1v) is 9.83. The predicted molar refractivity (Wildman–Crippen MR) is 105 cm³/mol. The third-order valence-corrected chi connectivity index (χ3v) is 5.20. The zero-order valence-electron chi connectivity index (χ0n) is 16.2. The Balaban J connectivity index is 1.81. The molecule has 1 N–H and O–H groups in total. The van der Waals surface area contributed by atoms with Gasteiger partial charge in [0.25, 0.3) is 5.91 Å². The van der Waals surface area contributed by atoms with Gasteiger partial charge in [-0.05, 0) is 36.4 Å². The highest BCUT2D eigenvalue weighted by Gasteiger charge is 2.31. The molecule has 7 nitrogen and oxygen atoms in total. The minimum absolute atomic E-state index is 0.0929. The fourth-order valence-corrected chi connectivity index (χ4v) is 3.53. The van der Waals surface area contributed by atoms with Gasteiger partial charge in [-0.1, -0.05) is 6.07 Å². The summed E-state index contributed by atoms with van der Waals surface area (Å²) in [6.07, 6.45) is -4.89. The van der Waals surface area contributed by atoms with Crippen molar-refractivity contribution < 1.29 is 41.0 Å². The minimum Gasteiger partial charge on any atom is -0.406 e. The summed E-state index contributed by atoms with van der Waals surface area (Å²) in [5.74, 6) is -4.13. The van der Waals surface area contributed by atoms with Crippen molar-refractivity contribution in [3.05, 3.63) is 59.7 Å². The van der Waals surface area contributed by atoms with Gasteiger partial charge in [0.15, 0.2) is 0 Å². The fourth-order valence-electron chi connectivity index (χ4n) is 2.65. The fraction of sp³-hybridized carbons (Fsp3) is 0.263. The molecule has 0 bridgehead atoms. The Labute approximate surface area is 183 Å². The summed E-state index contributed by atoms with van der Waals surface area (Å²) in [5.41, 5.74) is -0.846. The van der Waals surface area contributed by atoms with Gasteiger partial charge in [-0.15, -0.1) is 13.2 Å². The first kappa shape index (κ1) is 23.8. The van der Waals surface area contributed by atoms with Crippen LogP contribution in [-0.2, 0) is 4.74 Å². The smallest absolute Gasteiger partial charge is 0.406 e. The Bertz CT molecular complexity index is 948. The Hall–Kier alpha value is -2.90. The molecule has 1 saturated heterocycles. The Kier molecular flexibility index (Phi) is 7.53. The van der Waals surface area contributed by atoms with Crippen LogP contribution in [0.25, 0.3) is 0 Å². The van der Waals surface area contributed by atoms with Crippen LogP contribution in [0, 0.1) is 11.6 Å². The Morgan fingerprint density at radius 3 is 2.19 bits per heavy atom. The van der Waals surface area contributed by atoms with E-state index in [1.165, 1.54) is 12.1 Å². The maximum Gasteiger partial charge on any atom is 0.573 e. The van der Waals surface area contributed by atoms with Gasteiger partial charge in [0.05, 0.1) is 18.9 Å². The highest BCUT2D eigenvalue weighted by Crippen LogP contribution is 2.30. The molecule has 0 aliphatic carbocycles. The summed E-state index contributed by atoms with van der Waals surface area (Å²) < 4.78 is 76.6. The van der Waals surface area contributed by atoms with Gasteiger partial charge < -0.3 is 9.47 Å². The topological polar surface area (TPSA) is 71.1 Å². The molecule has 1 aliphatic rings. The van der Waals surface area contributed by atoms with Crippen LogP contribution >= 0.6 is 12.1 Å². The second-order valence-electron chi connectivity index (χ2n) is 6.32. The van der Waals surface area contributed by atoms with Gasteiger partial charge in [0.1, 0.15) is 22.9 Å². The number of carbonyl (C=O) groups excluding carboxylic acids is 2. The number of morpholine rings is 1. The van der Waals surface area contributed by atoms with Crippen LogP contribution in [0.2, 0.25) is 0 Å². The van der Waals surface area contributed by atoms with Crippen molar-refractivity contribution in [3.8, 4) is 5.75 Å². The number of alkyl halides is 3. The van der Waals surface area contributed by atoms with E-state index in [4.69, 9.17) is 4.74 Å². The number of rotatable bonds is 5. The van der Waals surface area contributed by atoms with E-state index in [2.05, 4.69) is 4.74 Å². The van der Waals surface area contributed by atoms with E-state index < -0.39 is 41.2 Å². The van der Waals surface area contributed by atoms with Crippen molar-refractivity contribution >= 4 is 29.8 Å². The molecule has 2 aromatic rings. The van der Waals surface area contributed by atoms with Crippen LogP contribution in [0.4, 0.5) is 32.4 Å². The molecule has 3 rings (SSSR count). The summed E-state index contributed by atoms with van der Waals surface area (Å²) in [6, 6.07) is 6.05. The minimum atomic E-state index is -4.89. The van der Waals surface area contributed by atoms with Gasteiger partial charge in [-0.3, -0.25) is 10.1 Å². The van der Waals surface area contributed by atoms with Gasteiger partial charge in [0, 0.05) is 25.2 Å². The van der Waals surface area contributed by atoms with E-state index in [0.29, 0.717) is 26.3 Å². The molecule has 3 amide bonds. The average molecular weight is 477 g/mol. The van der Waals surface area contributed by atoms with Crippen molar-refractivity contribution in [2.75, 3.05) is 30.6 Å². The van der Waals surface area contributed by atoms with Crippen molar-refractivity contribution in [2.24, 2.45) is 0 Å². The molecule has 0 radical (unpaired) electrons. The van der Waals surface area contributed by atoms with Crippen LogP contribution in [0.3, 0.4) is 0 Å².